The van der Waals surface area contributed by atoms with E-state index < -0.39 is 0 Å². The Labute approximate surface area is 117 Å². The minimum atomic E-state index is -0.366. The van der Waals surface area contributed by atoms with Gasteiger partial charge in [0, 0.05) is 18.7 Å². The number of nitrogens with zero attached hydrogens (tertiary/aromatic N) is 1. The summed E-state index contributed by atoms with van der Waals surface area (Å²) < 4.78 is 24.5. The molecule has 0 radical (unpaired) electrons. The van der Waals surface area contributed by atoms with Crippen LogP contribution in [0.3, 0.4) is 0 Å². The highest BCUT2D eigenvalue weighted by atomic mass is 19.1. The third kappa shape index (κ3) is 2.41. The summed E-state index contributed by atoms with van der Waals surface area (Å²) in [6, 6.07) is 13.2. The predicted molar refractivity (Wildman–Crippen MR) is 75.9 cm³/mol. The molecule has 0 N–H and O–H groups in total. The number of hydrogen-bond acceptors (Lipinski definition) is 3. The van der Waals surface area contributed by atoms with Gasteiger partial charge in [-0.05, 0) is 5.56 Å². The standard InChI is InChI=1S/C16H16FNO2/c1-19-15-10-16-14(9-13(15)17)18(7-8-20-16)11-12-5-3-2-4-6-12/h2-6,9-10H,7-8,11H2,1H3. The molecule has 1 heterocycles. The number of anilines is 1. The highest BCUT2D eigenvalue weighted by Crippen LogP contribution is 2.37. The van der Waals surface area contributed by atoms with Crippen molar-refractivity contribution in [2.45, 2.75) is 6.54 Å². The van der Waals surface area contributed by atoms with Gasteiger partial charge < -0.3 is 14.4 Å². The minimum Gasteiger partial charge on any atom is -0.494 e. The van der Waals surface area contributed by atoms with Crippen LogP contribution in [0.5, 0.6) is 11.5 Å². The molecular weight excluding hydrogens is 257 g/mol. The molecule has 0 aromatic heterocycles. The van der Waals surface area contributed by atoms with Crippen LogP contribution in [0.4, 0.5) is 10.1 Å². The quantitative estimate of drug-likeness (QED) is 0.857. The number of ether oxygens (including phenoxy) is 2. The Bertz CT molecular complexity index is 601. The van der Waals surface area contributed by atoms with Crippen LogP contribution in [0.1, 0.15) is 5.56 Å². The predicted octanol–water partition coefficient (Wildman–Crippen LogP) is 3.23. The largest absolute Gasteiger partial charge is 0.494 e. The average molecular weight is 273 g/mol. The van der Waals surface area contributed by atoms with E-state index in [0.29, 0.717) is 12.4 Å². The zero-order chi connectivity index (χ0) is 13.9. The first kappa shape index (κ1) is 12.8. The highest BCUT2D eigenvalue weighted by molar-refractivity contribution is 5.63. The molecule has 2 aromatic rings. The van der Waals surface area contributed by atoms with Gasteiger partial charge in [-0.15, -0.1) is 0 Å². The summed E-state index contributed by atoms with van der Waals surface area (Å²) in [5, 5.41) is 0. The second-order valence-electron chi connectivity index (χ2n) is 4.71. The van der Waals surface area contributed by atoms with E-state index in [9.17, 15) is 4.39 Å². The van der Waals surface area contributed by atoms with Gasteiger partial charge in [-0.3, -0.25) is 0 Å². The number of methoxy groups -OCH3 is 1. The Hall–Kier alpha value is -2.23. The van der Waals surface area contributed by atoms with Crippen LogP contribution < -0.4 is 14.4 Å². The number of fused-ring (bicyclic) bond motifs is 1. The van der Waals surface area contributed by atoms with Crippen LogP contribution in [0.2, 0.25) is 0 Å². The summed E-state index contributed by atoms with van der Waals surface area (Å²) in [5.74, 6) is 0.519. The van der Waals surface area contributed by atoms with Gasteiger partial charge in [0.15, 0.2) is 11.6 Å². The SMILES string of the molecule is COc1cc2c(cc1F)N(Cc1ccccc1)CCO2. The van der Waals surface area contributed by atoms with Crippen molar-refractivity contribution in [3.8, 4) is 11.5 Å². The van der Waals surface area contributed by atoms with Gasteiger partial charge in [0.25, 0.3) is 0 Å². The van der Waals surface area contributed by atoms with E-state index in [1.54, 1.807) is 6.07 Å². The van der Waals surface area contributed by atoms with Crippen LogP contribution in [0, 0.1) is 5.82 Å². The zero-order valence-corrected chi connectivity index (χ0v) is 11.3. The van der Waals surface area contributed by atoms with Crippen molar-refractivity contribution in [3.63, 3.8) is 0 Å². The summed E-state index contributed by atoms with van der Waals surface area (Å²) in [6.07, 6.45) is 0. The lowest BCUT2D eigenvalue weighted by Crippen LogP contribution is -2.32. The van der Waals surface area contributed by atoms with Crippen LogP contribution in [0.25, 0.3) is 0 Å². The Morgan fingerprint density at radius 2 is 2.05 bits per heavy atom. The molecule has 1 aliphatic rings. The van der Waals surface area contributed by atoms with Crippen molar-refractivity contribution in [2.75, 3.05) is 25.2 Å². The van der Waals surface area contributed by atoms with Gasteiger partial charge in [0.1, 0.15) is 12.4 Å². The molecule has 0 unspecified atom stereocenters. The highest BCUT2D eigenvalue weighted by Gasteiger charge is 2.21. The van der Waals surface area contributed by atoms with Crippen molar-refractivity contribution in [1.29, 1.82) is 0 Å². The Kier molecular flexibility index (Phi) is 3.46. The monoisotopic (exact) mass is 273 g/mol. The van der Waals surface area contributed by atoms with Crippen molar-refractivity contribution in [1.82, 2.24) is 0 Å². The molecule has 0 fully saturated rings. The lowest BCUT2D eigenvalue weighted by molar-refractivity contribution is 0.301. The van der Waals surface area contributed by atoms with Gasteiger partial charge in [-0.25, -0.2) is 4.39 Å². The maximum absolute atomic E-state index is 13.9. The van der Waals surface area contributed by atoms with Gasteiger partial charge in [0.2, 0.25) is 0 Å². The van der Waals surface area contributed by atoms with Gasteiger partial charge in [0.05, 0.1) is 19.3 Å². The van der Waals surface area contributed by atoms with Crippen LogP contribution in [-0.2, 0) is 6.54 Å². The van der Waals surface area contributed by atoms with E-state index in [1.165, 1.54) is 18.7 Å². The molecule has 0 saturated carbocycles. The van der Waals surface area contributed by atoms with E-state index in [1.807, 2.05) is 18.2 Å². The third-order valence-electron chi connectivity index (χ3n) is 3.41. The Morgan fingerprint density at radius 3 is 2.80 bits per heavy atom. The molecule has 3 nitrogen and oxygen atoms in total. The first-order chi connectivity index (χ1) is 9.78. The van der Waals surface area contributed by atoms with Crippen LogP contribution in [0.15, 0.2) is 42.5 Å². The maximum Gasteiger partial charge on any atom is 0.167 e. The van der Waals surface area contributed by atoms with E-state index in [2.05, 4.69) is 17.0 Å². The topological polar surface area (TPSA) is 21.7 Å². The molecule has 0 spiro atoms. The fraction of sp³-hybridized carbons (Fsp3) is 0.250. The van der Waals surface area contributed by atoms with Crippen LogP contribution in [-0.4, -0.2) is 20.3 Å². The number of halogens is 1. The van der Waals surface area contributed by atoms with Crippen molar-refractivity contribution >= 4 is 5.69 Å². The molecule has 0 atom stereocenters. The molecule has 0 saturated heterocycles. The summed E-state index contributed by atoms with van der Waals surface area (Å²) in [5.41, 5.74) is 1.97. The molecule has 3 rings (SSSR count). The first-order valence-electron chi connectivity index (χ1n) is 6.57. The first-order valence-corrected chi connectivity index (χ1v) is 6.57. The summed E-state index contributed by atoms with van der Waals surface area (Å²) in [4.78, 5) is 2.12. The fourth-order valence-corrected chi connectivity index (χ4v) is 2.40. The smallest absolute Gasteiger partial charge is 0.167 e. The molecule has 1 aliphatic heterocycles. The summed E-state index contributed by atoms with van der Waals surface area (Å²) in [6.45, 7) is 2.07. The summed E-state index contributed by atoms with van der Waals surface area (Å²) in [7, 11) is 1.45. The van der Waals surface area contributed by atoms with Gasteiger partial charge in [-0.1, -0.05) is 30.3 Å². The van der Waals surface area contributed by atoms with E-state index >= 15 is 0 Å². The molecule has 4 heteroatoms. The van der Waals surface area contributed by atoms with Crippen molar-refractivity contribution in [3.05, 3.63) is 53.8 Å². The van der Waals surface area contributed by atoms with Crippen molar-refractivity contribution in [2.24, 2.45) is 0 Å². The molecule has 0 amide bonds. The third-order valence-corrected chi connectivity index (χ3v) is 3.41. The molecule has 2 aromatic carbocycles. The number of benzene rings is 2. The average Bonchev–Trinajstić information content (AvgIpc) is 2.48. The normalized spacial score (nSPS) is 13.6. The van der Waals surface area contributed by atoms with E-state index in [0.717, 1.165) is 18.8 Å². The lowest BCUT2D eigenvalue weighted by Gasteiger charge is -2.31. The van der Waals surface area contributed by atoms with E-state index in [4.69, 9.17) is 9.47 Å². The number of rotatable bonds is 3. The van der Waals surface area contributed by atoms with E-state index in [-0.39, 0.29) is 11.6 Å². The molecular formula is C16H16FNO2. The summed E-state index contributed by atoms with van der Waals surface area (Å²) >= 11 is 0. The molecule has 0 aliphatic carbocycles. The Morgan fingerprint density at radius 1 is 1.25 bits per heavy atom. The van der Waals surface area contributed by atoms with Gasteiger partial charge >= 0.3 is 0 Å². The second kappa shape index (κ2) is 5.41. The molecule has 20 heavy (non-hydrogen) atoms. The maximum atomic E-state index is 13.9. The zero-order valence-electron chi connectivity index (χ0n) is 11.3. The molecule has 0 bridgehead atoms. The second-order valence-corrected chi connectivity index (χ2v) is 4.71. The molecule has 104 valence electrons. The van der Waals surface area contributed by atoms with Crippen molar-refractivity contribution < 1.29 is 13.9 Å². The van der Waals surface area contributed by atoms with Crippen LogP contribution >= 0.6 is 0 Å². The van der Waals surface area contributed by atoms with Gasteiger partial charge in [-0.2, -0.15) is 0 Å². The lowest BCUT2D eigenvalue weighted by atomic mass is 10.1. The Balaban J connectivity index is 1.91. The fourth-order valence-electron chi connectivity index (χ4n) is 2.40. The number of hydrogen-bond donors (Lipinski definition) is 0. The minimum absolute atomic E-state index is 0.213.